The lowest BCUT2D eigenvalue weighted by Gasteiger charge is -2.35. The van der Waals surface area contributed by atoms with Crippen LogP contribution in [-0.4, -0.2) is 23.5 Å². The molecule has 2 heterocycles. The molecule has 1 saturated heterocycles. The highest BCUT2D eigenvalue weighted by molar-refractivity contribution is 9.09. The average molecular weight is 256 g/mol. The van der Waals surface area contributed by atoms with Crippen molar-refractivity contribution in [3.05, 3.63) is 30.1 Å². The fourth-order valence-electron chi connectivity index (χ4n) is 1.90. The first-order valence-corrected chi connectivity index (χ1v) is 6.05. The minimum atomic E-state index is 0.194. The van der Waals surface area contributed by atoms with Gasteiger partial charge in [0.1, 0.15) is 0 Å². The van der Waals surface area contributed by atoms with E-state index in [2.05, 4.69) is 33.0 Å². The third kappa shape index (κ3) is 1.84. The highest BCUT2D eigenvalue weighted by atomic mass is 79.9. The molecule has 2 rings (SSSR count). The molecule has 0 radical (unpaired) electrons. The molecule has 3 heteroatoms. The largest absolute Gasteiger partial charge is 0.381 e. The van der Waals surface area contributed by atoms with E-state index >= 15 is 0 Å². The number of nitrogens with zero attached hydrogens (tertiary/aromatic N) is 1. The first-order chi connectivity index (χ1) is 6.87. The summed E-state index contributed by atoms with van der Waals surface area (Å²) in [5.41, 5.74) is 1.39. The van der Waals surface area contributed by atoms with Crippen LogP contribution in [0, 0.1) is 0 Å². The van der Waals surface area contributed by atoms with Gasteiger partial charge in [-0.15, -0.1) is 0 Å². The van der Waals surface area contributed by atoms with Gasteiger partial charge in [-0.2, -0.15) is 0 Å². The van der Waals surface area contributed by atoms with Crippen molar-refractivity contribution in [1.82, 2.24) is 4.98 Å². The Kier molecular flexibility index (Phi) is 3.19. The predicted molar refractivity (Wildman–Crippen MR) is 59.8 cm³/mol. The Labute approximate surface area is 92.8 Å². The van der Waals surface area contributed by atoms with Crippen molar-refractivity contribution in [3.63, 3.8) is 0 Å². The van der Waals surface area contributed by atoms with Crippen molar-refractivity contribution in [3.8, 4) is 0 Å². The SMILES string of the molecule is BrCC1(c2ccccn2)CCOCC1. The summed E-state index contributed by atoms with van der Waals surface area (Å²) in [7, 11) is 0. The van der Waals surface area contributed by atoms with Crippen LogP contribution in [0.5, 0.6) is 0 Å². The van der Waals surface area contributed by atoms with Crippen LogP contribution in [0.25, 0.3) is 0 Å². The summed E-state index contributed by atoms with van der Waals surface area (Å²) >= 11 is 3.61. The molecule has 1 fully saturated rings. The fraction of sp³-hybridized carbons (Fsp3) is 0.545. The highest BCUT2D eigenvalue weighted by Gasteiger charge is 2.34. The molecule has 0 saturated carbocycles. The molecule has 0 aliphatic carbocycles. The van der Waals surface area contributed by atoms with Crippen LogP contribution in [0.15, 0.2) is 24.4 Å². The summed E-state index contributed by atoms with van der Waals surface area (Å²) in [5, 5.41) is 0.973. The standard InChI is InChI=1S/C11H14BrNO/c12-9-11(4-7-14-8-5-11)10-3-1-2-6-13-10/h1-3,6H,4-5,7-9H2. The number of halogens is 1. The Morgan fingerprint density at radius 3 is 2.71 bits per heavy atom. The van der Waals surface area contributed by atoms with E-state index in [4.69, 9.17) is 4.74 Å². The predicted octanol–water partition coefficient (Wildman–Crippen LogP) is 2.52. The Morgan fingerprint density at radius 2 is 2.14 bits per heavy atom. The van der Waals surface area contributed by atoms with Crippen molar-refractivity contribution in [1.29, 1.82) is 0 Å². The maximum absolute atomic E-state index is 5.40. The van der Waals surface area contributed by atoms with E-state index in [0.29, 0.717) is 0 Å². The van der Waals surface area contributed by atoms with Crippen LogP contribution in [0.4, 0.5) is 0 Å². The molecular weight excluding hydrogens is 242 g/mol. The van der Waals surface area contributed by atoms with Crippen molar-refractivity contribution in [2.45, 2.75) is 18.3 Å². The van der Waals surface area contributed by atoms with Gasteiger partial charge < -0.3 is 4.74 Å². The van der Waals surface area contributed by atoms with E-state index in [9.17, 15) is 0 Å². The first kappa shape index (κ1) is 10.1. The van der Waals surface area contributed by atoms with Gasteiger partial charge in [0, 0.05) is 35.8 Å². The summed E-state index contributed by atoms with van der Waals surface area (Å²) in [6.45, 7) is 1.70. The molecule has 0 aromatic carbocycles. The summed E-state index contributed by atoms with van der Waals surface area (Å²) in [6.07, 6.45) is 4.00. The third-order valence-electron chi connectivity index (χ3n) is 2.91. The number of aromatic nitrogens is 1. The molecule has 2 nitrogen and oxygen atoms in total. The molecule has 14 heavy (non-hydrogen) atoms. The van der Waals surface area contributed by atoms with Gasteiger partial charge in [-0.05, 0) is 25.0 Å². The molecule has 1 aromatic heterocycles. The van der Waals surface area contributed by atoms with Gasteiger partial charge in [-0.3, -0.25) is 4.98 Å². The van der Waals surface area contributed by atoms with Crippen LogP contribution in [-0.2, 0) is 10.2 Å². The molecular formula is C11H14BrNO. The molecule has 1 aliphatic heterocycles. The summed E-state index contributed by atoms with van der Waals surface area (Å²) in [6, 6.07) is 6.14. The first-order valence-electron chi connectivity index (χ1n) is 4.93. The zero-order valence-corrected chi connectivity index (χ0v) is 9.66. The Hall–Kier alpha value is -0.410. The van der Waals surface area contributed by atoms with E-state index in [1.54, 1.807) is 0 Å². The van der Waals surface area contributed by atoms with Gasteiger partial charge in [-0.1, -0.05) is 22.0 Å². The van der Waals surface area contributed by atoms with Crippen molar-refractivity contribution < 1.29 is 4.74 Å². The Bertz CT molecular complexity index is 283. The Balaban J connectivity index is 2.27. The number of alkyl halides is 1. The lowest BCUT2D eigenvalue weighted by molar-refractivity contribution is 0.0570. The summed E-state index contributed by atoms with van der Waals surface area (Å²) < 4.78 is 5.40. The fourth-order valence-corrected chi connectivity index (χ4v) is 2.74. The van der Waals surface area contributed by atoms with E-state index < -0.39 is 0 Å². The van der Waals surface area contributed by atoms with Gasteiger partial charge in [0.25, 0.3) is 0 Å². The monoisotopic (exact) mass is 255 g/mol. The molecule has 0 N–H and O–H groups in total. The van der Waals surface area contributed by atoms with Gasteiger partial charge in [0.15, 0.2) is 0 Å². The minimum Gasteiger partial charge on any atom is -0.381 e. The maximum Gasteiger partial charge on any atom is 0.0475 e. The third-order valence-corrected chi connectivity index (χ3v) is 3.99. The van der Waals surface area contributed by atoms with Gasteiger partial charge in [-0.25, -0.2) is 0 Å². The van der Waals surface area contributed by atoms with E-state index in [1.807, 2.05) is 12.3 Å². The number of ether oxygens (including phenoxy) is 1. The van der Waals surface area contributed by atoms with Crippen LogP contribution < -0.4 is 0 Å². The second kappa shape index (κ2) is 4.41. The molecule has 0 unspecified atom stereocenters. The normalized spacial score (nSPS) is 20.6. The number of hydrogen-bond donors (Lipinski definition) is 0. The Morgan fingerprint density at radius 1 is 1.36 bits per heavy atom. The van der Waals surface area contributed by atoms with Crippen molar-refractivity contribution >= 4 is 15.9 Å². The van der Waals surface area contributed by atoms with Crippen LogP contribution in [0.2, 0.25) is 0 Å². The lowest BCUT2D eigenvalue weighted by atomic mass is 9.79. The van der Waals surface area contributed by atoms with E-state index in [0.717, 1.165) is 31.4 Å². The van der Waals surface area contributed by atoms with Crippen molar-refractivity contribution in [2.75, 3.05) is 18.5 Å². The molecule has 1 aromatic rings. The molecule has 1 aliphatic rings. The van der Waals surface area contributed by atoms with E-state index in [-0.39, 0.29) is 5.41 Å². The number of pyridine rings is 1. The second-order valence-corrected chi connectivity index (χ2v) is 4.30. The zero-order chi connectivity index (χ0) is 9.86. The highest BCUT2D eigenvalue weighted by Crippen LogP contribution is 2.34. The van der Waals surface area contributed by atoms with Crippen LogP contribution >= 0.6 is 15.9 Å². The zero-order valence-electron chi connectivity index (χ0n) is 8.08. The second-order valence-electron chi connectivity index (χ2n) is 3.74. The summed E-state index contributed by atoms with van der Waals surface area (Å²) in [5.74, 6) is 0. The molecule has 76 valence electrons. The van der Waals surface area contributed by atoms with Gasteiger partial charge >= 0.3 is 0 Å². The topological polar surface area (TPSA) is 22.1 Å². The molecule has 0 bridgehead atoms. The van der Waals surface area contributed by atoms with Crippen LogP contribution in [0.1, 0.15) is 18.5 Å². The van der Waals surface area contributed by atoms with E-state index in [1.165, 1.54) is 5.69 Å². The average Bonchev–Trinajstić information content (AvgIpc) is 2.31. The molecule has 0 amide bonds. The minimum absolute atomic E-state index is 0.194. The van der Waals surface area contributed by atoms with Crippen LogP contribution in [0.3, 0.4) is 0 Å². The smallest absolute Gasteiger partial charge is 0.0475 e. The lowest BCUT2D eigenvalue weighted by Crippen LogP contribution is -2.36. The molecule has 0 spiro atoms. The quantitative estimate of drug-likeness (QED) is 0.758. The number of rotatable bonds is 2. The molecule has 0 atom stereocenters. The van der Waals surface area contributed by atoms with Crippen molar-refractivity contribution in [2.24, 2.45) is 0 Å². The maximum atomic E-state index is 5.40. The van der Waals surface area contributed by atoms with Gasteiger partial charge in [0.2, 0.25) is 0 Å². The summed E-state index contributed by atoms with van der Waals surface area (Å²) in [4.78, 5) is 4.46. The number of hydrogen-bond acceptors (Lipinski definition) is 2. The van der Waals surface area contributed by atoms with Gasteiger partial charge in [0.05, 0.1) is 0 Å².